The zero-order chi connectivity index (χ0) is 17.0. The van der Waals surface area contributed by atoms with Crippen LogP contribution in [0.5, 0.6) is 0 Å². The highest BCUT2D eigenvalue weighted by Crippen LogP contribution is 2.22. The predicted molar refractivity (Wildman–Crippen MR) is 90.4 cm³/mol. The molecule has 1 amide bonds. The van der Waals surface area contributed by atoms with E-state index in [9.17, 15) is 9.59 Å². The average molecular weight is 339 g/mol. The van der Waals surface area contributed by atoms with E-state index in [0.717, 1.165) is 32.2 Å². The number of piperidine rings is 1. The fraction of sp³-hybridized carbons (Fsp3) is 0.529. The van der Waals surface area contributed by atoms with Crippen molar-refractivity contribution < 1.29 is 14.3 Å². The van der Waals surface area contributed by atoms with Gasteiger partial charge in [-0.1, -0.05) is 18.5 Å². The van der Waals surface area contributed by atoms with Gasteiger partial charge in [-0.25, -0.2) is 4.79 Å². The molecule has 5 nitrogen and oxygen atoms in total. The summed E-state index contributed by atoms with van der Waals surface area (Å²) in [6, 6.07) is 4.77. The second-order valence-electron chi connectivity index (χ2n) is 5.87. The third kappa shape index (κ3) is 4.16. The highest BCUT2D eigenvalue weighted by Gasteiger charge is 2.30. The van der Waals surface area contributed by atoms with Gasteiger partial charge < -0.3 is 15.4 Å². The number of carbonyl (C=O) groups is 2. The number of nitrogen functional groups attached to an aromatic ring is 1. The molecule has 1 aliphatic rings. The molecule has 126 valence electrons. The summed E-state index contributed by atoms with van der Waals surface area (Å²) in [5.74, 6) is -0.703. The van der Waals surface area contributed by atoms with Crippen molar-refractivity contribution in [1.29, 1.82) is 0 Å². The number of nitrogens with zero attached hydrogens (tertiary/aromatic N) is 1. The van der Waals surface area contributed by atoms with Gasteiger partial charge in [0, 0.05) is 12.6 Å². The van der Waals surface area contributed by atoms with Crippen molar-refractivity contribution in [1.82, 2.24) is 4.90 Å². The molecule has 6 heteroatoms. The molecule has 0 aliphatic carbocycles. The summed E-state index contributed by atoms with van der Waals surface area (Å²) in [5, 5.41) is 0.379. The second kappa shape index (κ2) is 7.68. The van der Waals surface area contributed by atoms with Crippen molar-refractivity contribution in [3.05, 3.63) is 28.8 Å². The molecule has 23 heavy (non-hydrogen) atoms. The third-order valence-electron chi connectivity index (χ3n) is 4.24. The number of rotatable bonds is 4. The van der Waals surface area contributed by atoms with Crippen LogP contribution >= 0.6 is 11.6 Å². The maximum absolute atomic E-state index is 12.6. The summed E-state index contributed by atoms with van der Waals surface area (Å²) in [4.78, 5) is 26.6. The number of hydrogen-bond donors (Lipinski definition) is 1. The van der Waals surface area contributed by atoms with Crippen LogP contribution in [0.1, 0.15) is 49.9 Å². The Labute approximate surface area is 141 Å². The van der Waals surface area contributed by atoms with Crippen LogP contribution in [-0.2, 0) is 9.53 Å². The largest absolute Gasteiger partial charge is 0.449 e. The minimum absolute atomic E-state index is 0.133. The number of nitrogens with two attached hydrogens (primary N) is 1. The van der Waals surface area contributed by atoms with Gasteiger partial charge in [-0.05, 0) is 50.8 Å². The van der Waals surface area contributed by atoms with Crippen molar-refractivity contribution >= 4 is 29.2 Å². The molecule has 0 bridgehead atoms. The maximum Gasteiger partial charge on any atom is 0.338 e. The van der Waals surface area contributed by atoms with Crippen molar-refractivity contribution in [3.8, 4) is 0 Å². The predicted octanol–water partition coefficient (Wildman–Crippen LogP) is 3.26. The van der Waals surface area contributed by atoms with E-state index in [1.54, 1.807) is 6.92 Å². The van der Waals surface area contributed by atoms with Gasteiger partial charge in [0.05, 0.1) is 16.3 Å². The molecular formula is C17H23ClN2O3. The maximum atomic E-state index is 12.6. The zero-order valence-corrected chi connectivity index (χ0v) is 14.3. The molecule has 0 radical (unpaired) electrons. The van der Waals surface area contributed by atoms with Crippen LogP contribution in [0, 0.1) is 0 Å². The minimum Gasteiger partial charge on any atom is -0.449 e. The Kier molecular flexibility index (Phi) is 5.88. The molecule has 2 N–H and O–H groups in total. The van der Waals surface area contributed by atoms with Gasteiger partial charge in [0.2, 0.25) is 0 Å². The lowest BCUT2D eigenvalue weighted by Gasteiger charge is -2.36. The van der Waals surface area contributed by atoms with Crippen LogP contribution in [-0.4, -0.2) is 35.5 Å². The molecule has 1 saturated heterocycles. The van der Waals surface area contributed by atoms with Gasteiger partial charge in [0.15, 0.2) is 6.10 Å². The number of likely N-dealkylation sites (tertiary alicyclic amines) is 1. The summed E-state index contributed by atoms with van der Waals surface area (Å²) >= 11 is 5.84. The average Bonchev–Trinajstić information content (AvgIpc) is 2.56. The van der Waals surface area contributed by atoms with E-state index >= 15 is 0 Å². The first-order valence-corrected chi connectivity index (χ1v) is 8.38. The first kappa shape index (κ1) is 17.6. The number of amides is 1. The number of esters is 1. The number of halogens is 1. The van der Waals surface area contributed by atoms with Crippen molar-refractivity contribution in [2.45, 2.75) is 51.7 Å². The first-order chi connectivity index (χ1) is 10.9. The van der Waals surface area contributed by atoms with Gasteiger partial charge in [0.25, 0.3) is 5.91 Å². The lowest BCUT2D eigenvalue weighted by atomic mass is 9.99. The molecule has 0 aromatic heterocycles. The lowest BCUT2D eigenvalue weighted by Crippen LogP contribution is -2.48. The fourth-order valence-corrected chi connectivity index (χ4v) is 3.02. The van der Waals surface area contributed by atoms with Gasteiger partial charge >= 0.3 is 5.97 Å². The molecular weight excluding hydrogens is 316 g/mol. The Morgan fingerprint density at radius 1 is 1.43 bits per heavy atom. The van der Waals surface area contributed by atoms with E-state index in [2.05, 4.69) is 6.92 Å². The topological polar surface area (TPSA) is 72.6 Å². The normalized spacial score (nSPS) is 19.3. The molecule has 2 atom stereocenters. The van der Waals surface area contributed by atoms with Gasteiger partial charge in [-0.15, -0.1) is 0 Å². The molecule has 1 aromatic carbocycles. The van der Waals surface area contributed by atoms with Crippen LogP contribution in [0.4, 0.5) is 5.69 Å². The number of anilines is 1. The Morgan fingerprint density at radius 2 is 2.17 bits per heavy atom. The van der Waals surface area contributed by atoms with Crippen molar-refractivity contribution in [2.24, 2.45) is 0 Å². The SMILES string of the molecule is CC[C@H]1CCCCN1C(=O)[C@H](C)OC(=O)c1ccc(Cl)c(N)c1. The highest BCUT2D eigenvalue weighted by atomic mass is 35.5. The molecule has 0 spiro atoms. The molecule has 0 saturated carbocycles. The van der Waals surface area contributed by atoms with Crippen LogP contribution in [0.25, 0.3) is 0 Å². The Bertz CT molecular complexity index is 591. The van der Waals surface area contributed by atoms with Gasteiger partial charge in [0.1, 0.15) is 0 Å². The van der Waals surface area contributed by atoms with Crippen molar-refractivity contribution in [2.75, 3.05) is 12.3 Å². The van der Waals surface area contributed by atoms with E-state index in [-0.39, 0.29) is 17.5 Å². The van der Waals surface area contributed by atoms with Crippen LogP contribution in [0.15, 0.2) is 18.2 Å². The molecule has 2 rings (SSSR count). The number of ether oxygens (including phenoxy) is 1. The fourth-order valence-electron chi connectivity index (χ4n) is 2.90. The Morgan fingerprint density at radius 3 is 2.83 bits per heavy atom. The summed E-state index contributed by atoms with van der Waals surface area (Å²) in [5.41, 5.74) is 6.28. The van der Waals surface area contributed by atoms with Crippen LogP contribution < -0.4 is 5.73 Å². The highest BCUT2D eigenvalue weighted by molar-refractivity contribution is 6.33. The minimum atomic E-state index is -0.813. The van der Waals surface area contributed by atoms with Gasteiger partial charge in [-0.3, -0.25) is 4.79 Å². The molecule has 1 fully saturated rings. The first-order valence-electron chi connectivity index (χ1n) is 8.00. The summed E-state index contributed by atoms with van der Waals surface area (Å²) < 4.78 is 5.31. The standard InChI is InChI=1S/C17H23ClN2O3/c1-3-13-6-4-5-9-20(13)16(21)11(2)23-17(22)12-7-8-14(18)15(19)10-12/h7-8,10-11,13H,3-6,9,19H2,1-2H3/t11-,13-/m0/s1. The summed E-state index contributed by atoms with van der Waals surface area (Å²) in [6.07, 6.45) is 3.25. The molecule has 0 unspecified atom stereocenters. The van der Waals surface area contributed by atoms with E-state index in [1.165, 1.54) is 18.2 Å². The molecule has 1 aromatic rings. The number of hydrogen-bond acceptors (Lipinski definition) is 4. The molecule has 1 heterocycles. The van der Waals surface area contributed by atoms with Crippen molar-refractivity contribution in [3.63, 3.8) is 0 Å². The van der Waals surface area contributed by atoms with Crippen LogP contribution in [0.3, 0.4) is 0 Å². The van der Waals surface area contributed by atoms with E-state index < -0.39 is 12.1 Å². The number of benzene rings is 1. The second-order valence-corrected chi connectivity index (χ2v) is 6.28. The third-order valence-corrected chi connectivity index (χ3v) is 4.59. The Balaban J connectivity index is 2.02. The number of carbonyl (C=O) groups excluding carboxylic acids is 2. The summed E-state index contributed by atoms with van der Waals surface area (Å²) in [6.45, 7) is 4.41. The Hall–Kier alpha value is -1.75. The van der Waals surface area contributed by atoms with E-state index in [0.29, 0.717) is 10.7 Å². The smallest absolute Gasteiger partial charge is 0.338 e. The lowest BCUT2D eigenvalue weighted by molar-refractivity contribution is -0.143. The zero-order valence-electron chi connectivity index (χ0n) is 13.5. The monoisotopic (exact) mass is 338 g/mol. The van der Waals surface area contributed by atoms with E-state index in [4.69, 9.17) is 22.1 Å². The van der Waals surface area contributed by atoms with E-state index in [1.807, 2.05) is 4.90 Å². The molecule has 1 aliphatic heterocycles. The van der Waals surface area contributed by atoms with Crippen LogP contribution in [0.2, 0.25) is 5.02 Å². The van der Waals surface area contributed by atoms with Gasteiger partial charge in [-0.2, -0.15) is 0 Å². The summed E-state index contributed by atoms with van der Waals surface area (Å²) in [7, 11) is 0. The quantitative estimate of drug-likeness (QED) is 0.675.